The van der Waals surface area contributed by atoms with Crippen LogP contribution < -0.4 is 14.8 Å². The van der Waals surface area contributed by atoms with Gasteiger partial charge in [-0.3, -0.25) is 9.69 Å². The molecular formula is C29H46N2O6. The van der Waals surface area contributed by atoms with E-state index in [4.69, 9.17) is 14.2 Å². The molecular weight excluding hydrogens is 472 g/mol. The van der Waals surface area contributed by atoms with Crippen LogP contribution in [-0.4, -0.2) is 62.5 Å². The number of rotatable bonds is 12. The summed E-state index contributed by atoms with van der Waals surface area (Å²) in [5.41, 5.74) is 2.58. The molecule has 1 fully saturated rings. The number of aliphatic carboxylic acids is 1. The zero-order chi connectivity index (χ0) is 27.1. The molecule has 2 heterocycles. The van der Waals surface area contributed by atoms with Crippen molar-refractivity contribution in [2.75, 3.05) is 40.5 Å². The molecule has 2 aliphatic rings. The quantitative estimate of drug-likeness (QED) is 0.395. The maximum atomic E-state index is 12.6. The number of ether oxygens (including phenoxy) is 3. The number of hydrogen-bond donors (Lipinski definition) is 2. The van der Waals surface area contributed by atoms with Crippen LogP contribution in [0.5, 0.6) is 11.5 Å². The van der Waals surface area contributed by atoms with Crippen LogP contribution >= 0.6 is 0 Å². The van der Waals surface area contributed by atoms with Gasteiger partial charge >= 0.3 is 12.1 Å². The second kappa shape index (κ2) is 13.4. The summed E-state index contributed by atoms with van der Waals surface area (Å²) in [4.78, 5) is 26.4. The van der Waals surface area contributed by atoms with E-state index in [0.717, 1.165) is 50.3 Å². The molecule has 1 amide bonds. The fourth-order valence-corrected chi connectivity index (χ4v) is 6.19. The third-order valence-electron chi connectivity index (χ3n) is 7.78. The Morgan fingerprint density at radius 1 is 1.08 bits per heavy atom. The van der Waals surface area contributed by atoms with Gasteiger partial charge in [0.1, 0.15) is 0 Å². The summed E-state index contributed by atoms with van der Waals surface area (Å²) in [6, 6.07) is 4.49. The maximum absolute atomic E-state index is 12.6. The van der Waals surface area contributed by atoms with Gasteiger partial charge in [-0.15, -0.1) is 0 Å². The lowest BCUT2D eigenvalue weighted by atomic mass is 9.74. The standard InChI is InChI=1S/C29H46N2O6/c1-18(2)9-20(11-28(32)33)15-30-29(34)37-17-23-12-25-24-14-27(36-6)26(35-5)13-21(24)7-8-31(25)16-22(23)10-19(3)4/h13-14,18-20,22-23,25H,7-12,15-17H2,1-6H3,(H,30,34)(H,32,33)/t20-,22?,23?,25?/m1/s1. The number of carboxylic acids is 1. The number of benzene rings is 1. The first-order valence-corrected chi connectivity index (χ1v) is 13.7. The highest BCUT2D eigenvalue weighted by Gasteiger charge is 2.40. The second-order valence-electron chi connectivity index (χ2n) is 11.6. The zero-order valence-corrected chi connectivity index (χ0v) is 23.4. The van der Waals surface area contributed by atoms with Crippen LogP contribution in [0.3, 0.4) is 0 Å². The summed E-state index contributed by atoms with van der Waals surface area (Å²) < 4.78 is 16.9. The van der Waals surface area contributed by atoms with Crippen molar-refractivity contribution in [2.45, 2.75) is 65.8 Å². The first-order chi connectivity index (χ1) is 17.6. The van der Waals surface area contributed by atoms with Gasteiger partial charge in [0.2, 0.25) is 0 Å². The van der Waals surface area contributed by atoms with Crippen LogP contribution in [0.2, 0.25) is 0 Å². The van der Waals surface area contributed by atoms with E-state index in [1.165, 1.54) is 11.1 Å². The minimum atomic E-state index is -0.842. The average molecular weight is 519 g/mol. The minimum absolute atomic E-state index is 0.0444. The topological polar surface area (TPSA) is 97.3 Å². The number of carbonyl (C=O) groups excluding carboxylic acids is 1. The molecule has 0 aromatic heterocycles. The van der Waals surface area contributed by atoms with Gasteiger partial charge in [0.25, 0.3) is 0 Å². The highest BCUT2D eigenvalue weighted by Crippen LogP contribution is 2.45. The van der Waals surface area contributed by atoms with E-state index in [1.807, 2.05) is 0 Å². The number of piperidine rings is 1. The normalized spacial score (nSPS) is 22.2. The molecule has 1 saturated heterocycles. The van der Waals surface area contributed by atoms with Gasteiger partial charge in [0.05, 0.1) is 20.8 Å². The molecule has 2 aliphatic heterocycles. The molecule has 0 saturated carbocycles. The highest BCUT2D eigenvalue weighted by atomic mass is 16.5. The average Bonchev–Trinajstić information content (AvgIpc) is 2.83. The Balaban J connectivity index is 1.68. The largest absolute Gasteiger partial charge is 0.493 e. The molecule has 0 spiro atoms. The molecule has 3 unspecified atom stereocenters. The number of alkyl carbamates (subject to hydrolysis) is 1. The molecule has 0 aliphatic carbocycles. The highest BCUT2D eigenvalue weighted by molar-refractivity contribution is 5.68. The monoisotopic (exact) mass is 518 g/mol. The third kappa shape index (κ3) is 8.00. The minimum Gasteiger partial charge on any atom is -0.493 e. The Bertz CT molecular complexity index is 918. The van der Waals surface area contributed by atoms with Crippen LogP contribution in [0.25, 0.3) is 0 Å². The van der Waals surface area contributed by atoms with Crippen molar-refractivity contribution in [3.8, 4) is 11.5 Å². The molecule has 8 heteroatoms. The Morgan fingerprint density at radius 3 is 2.41 bits per heavy atom. The molecule has 2 N–H and O–H groups in total. The van der Waals surface area contributed by atoms with Gasteiger partial charge in [-0.05, 0) is 78.5 Å². The molecule has 3 rings (SSSR count). The van der Waals surface area contributed by atoms with Crippen LogP contribution in [0.15, 0.2) is 12.1 Å². The lowest BCUT2D eigenvalue weighted by Crippen LogP contribution is -2.47. The number of nitrogens with zero attached hydrogens (tertiary/aromatic N) is 1. The number of carbonyl (C=O) groups is 2. The lowest BCUT2D eigenvalue weighted by molar-refractivity contribution is -0.138. The number of fused-ring (bicyclic) bond motifs is 3. The molecule has 4 atom stereocenters. The Morgan fingerprint density at radius 2 is 1.78 bits per heavy atom. The summed E-state index contributed by atoms with van der Waals surface area (Å²) >= 11 is 0. The van der Waals surface area contributed by atoms with Crippen LogP contribution in [-0.2, 0) is 16.0 Å². The van der Waals surface area contributed by atoms with Gasteiger partial charge in [0, 0.05) is 32.1 Å². The van der Waals surface area contributed by atoms with Crippen molar-refractivity contribution in [1.29, 1.82) is 0 Å². The smallest absolute Gasteiger partial charge is 0.407 e. The van der Waals surface area contributed by atoms with Gasteiger partial charge < -0.3 is 24.6 Å². The van der Waals surface area contributed by atoms with Crippen LogP contribution in [0, 0.1) is 29.6 Å². The summed E-state index contributed by atoms with van der Waals surface area (Å²) in [6.45, 7) is 11.3. The summed E-state index contributed by atoms with van der Waals surface area (Å²) in [5.74, 6) is 2.19. The molecule has 1 aromatic carbocycles. The van der Waals surface area contributed by atoms with E-state index in [1.54, 1.807) is 14.2 Å². The number of carboxylic acid groups (broad SMARTS) is 1. The van der Waals surface area contributed by atoms with E-state index in [0.29, 0.717) is 30.9 Å². The Hall–Kier alpha value is -2.48. The van der Waals surface area contributed by atoms with E-state index < -0.39 is 12.1 Å². The lowest BCUT2D eigenvalue weighted by Gasteiger charge is -2.47. The summed E-state index contributed by atoms with van der Waals surface area (Å²) in [6.07, 6.45) is 3.33. The molecule has 37 heavy (non-hydrogen) atoms. The van der Waals surface area contributed by atoms with E-state index in [2.05, 4.69) is 50.0 Å². The number of methoxy groups -OCH3 is 2. The zero-order valence-electron chi connectivity index (χ0n) is 23.4. The number of nitrogens with one attached hydrogen (secondary N) is 1. The molecule has 0 radical (unpaired) electrons. The number of hydrogen-bond acceptors (Lipinski definition) is 6. The SMILES string of the molecule is COc1cc2c(cc1OC)C1CC(COC(=O)NC[C@@H](CC(=O)O)CC(C)C)C(CC(C)C)CN1CC2. The van der Waals surface area contributed by atoms with Crippen molar-refractivity contribution in [3.05, 3.63) is 23.3 Å². The predicted octanol–water partition coefficient (Wildman–Crippen LogP) is 5.15. The molecule has 208 valence electrons. The predicted molar refractivity (Wildman–Crippen MR) is 143 cm³/mol. The van der Waals surface area contributed by atoms with E-state index in [-0.39, 0.29) is 24.3 Å². The van der Waals surface area contributed by atoms with Crippen molar-refractivity contribution in [1.82, 2.24) is 10.2 Å². The van der Waals surface area contributed by atoms with Crippen molar-refractivity contribution in [2.24, 2.45) is 29.6 Å². The first kappa shape index (κ1) is 29.1. The Labute approximate surface area is 222 Å². The van der Waals surface area contributed by atoms with Crippen molar-refractivity contribution < 1.29 is 28.9 Å². The first-order valence-electron chi connectivity index (χ1n) is 13.7. The summed E-state index contributed by atoms with van der Waals surface area (Å²) in [5, 5.41) is 12.0. The summed E-state index contributed by atoms with van der Waals surface area (Å²) in [7, 11) is 3.34. The second-order valence-corrected chi connectivity index (χ2v) is 11.6. The van der Waals surface area contributed by atoms with Gasteiger partial charge in [-0.2, -0.15) is 0 Å². The van der Waals surface area contributed by atoms with Gasteiger partial charge in [-0.25, -0.2) is 4.79 Å². The van der Waals surface area contributed by atoms with E-state index >= 15 is 0 Å². The Kier molecular flexibility index (Phi) is 10.5. The van der Waals surface area contributed by atoms with Crippen molar-refractivity contribution >= 4 is 12.1 Å². The number of amides is 1. The van der Waals surface area contributed by atoms with Gasteiger partial charge in [-0.1, -0.05) is 27.7 Å². The van der Waals surface area contributed by atoms with Crippen molar-refractivity contribution in [3.63, 3.8) is 0 Å². The molecule has 1 aromatic rings. The maximum Gasteiger partial charge on any atom is 0.407 e. The third-order valence-corrected chi connectivity index (χ3v) is 7.78. The fraction of sp³-hybridized carbons (Fsp3) is 0.724. The fourth-order valence-electron chi connectivity index (χ4n) is 6.19. The van der Waals surface area contributed by atoms with E-state index in [9.17, 15) is 14.7 Å². The molecule has 8 nitrogen and oxygen atoms in total. The van der Waals surface area contributed by atoms with Crippen LogP contribution in [0.1, 0.15) is 70.5 Å². The molecule has 0 bridgehead atoms. The van der Waals surface area contributed by atoms with Crippen LogP contribution in [0.4, 0.5) is 4.79 Å². The van der Waals surface area contributed by atoms with Gasteiger partial charge in [0.15, 0.2) is 11.5 Å².